The van der Waals surface area contributed by atoms with Crippen LogP contribution < -0.4 is 4.74 Å². The molecule has 1 aromatic rings. The standard InChI is InChI=1S/C22H30O5/c1-21(2)26-18-17-13-6-5-11-9-15(23)16(25-4)10-14(11)12(13)7-8-22(17,3)20(24)19(18)27-21/h9-10,12-13,17-20,23-24H,5-8H2,1-4H3/t12-,13+,17+,18-,19-,20-,22-/m0/s1. The van der Waals surface area contributed by atoms with Crippen molar-refractivity contribution in [2.24, 2.45) is 17.3 Å². The molecular weight excluding hydrogens is 344 g/mol. The van der Waals surface area contributed by atoms with Crippen LogP contribution in [0, 0.1) is 17.3 Å². The summed E-state index contributed by atoms with van der Waals surface area (Å²) in [6, 6.07) is 3.91. The molecule has 2 saturated carbocycles. The Morgan fingerprint density at radius 1 is 1.11 bits per heavy atom. The number of aromatic hydroxyl groups is 1. The Labute approximate surface area is 160 Å². The number of phenolic OH excluding ortho intramolecular Hbond substituents is 1. The van der Waals surface area contributed by atoms with Crippen LogP contribution in [0.5, 0.6) is 11.5 Å². The maximum Gasteiger partial charge on any atom is 0.163 e. The first-order chi connectivity index (χ1) is 12.7. The third kappa shape index (κ3) is 2.34. The van der Waals surface area contributed by atoms with Gasteiger partial charge in [0.1, 0.15) is 6.10 Å². The summed E-state index contributed by atoms with van der Waals surface area (Å²) in [5.41, 5.74) is 2.38. The van der Waals surface area contributed by atoms with Crippen LogP contribution in [0.2, 0.25) is 0 Å². The maximum absolute atomic E-state index is 11.1. The molecule has 7 atom stereocenters. The third-order valence-electron chi connectivity index (χ3n) is 7.83. The highest BCUT2D eigenvalue weighted by Gasteiger charge is 2.67. The number of aliphatic hydroxyl groups excluding tert-OH is 1. The van der Waals surface area contributed by atoms with Gasteiger partial charge in [0.25, 0.3) is 0 Å². The Hall–Kier alpha value is -1.30. The number of ether oxygens (including phenoxy) is 3. The number of aliphatic hydroxyl groups is 1. The molecule has 3 aliphatic carbocycles. The summed E-state index contributed by atoms with van der Waals surface area (Å²) >= 11 is 0. The Morgan fingerprint density at radius 3 is 2.59 bits per heavy atom. The Kier molecular flexibility index (Phi) is 3.70. The second-order valence-corrected chi connectivity index (χ2v) is 9.61. The van der Waals surface area contributed by atoms with Gasteiger partial charge in [-0.15, -0.1) is 0 Å². The van der Waals surface area contributed by atoms with E-state index in [-0.39, 0.29) is 29.3 Å². The largest absolute Gasteiger partial charge is 0.504 e. The number of rotatable bonds is 1. The van der Waals surface area contributed by atoms with Gasteiger partial charge in [0, 0.05) is 5.41 Å². The number of hydrogen-bond donors (Lipinski definition) is 2. The quantitative estimate of drug-likeness (QED) is 0.789. The van der Waals surface area contributed by atoms with Crippen molar-refractivity contribution >= 4 is 0 Å². The first-order valence-corrected chi connectivity index (χ1v) is 10.2. The normalized spacial score (nSPS) is 44.2. The fourth-order valence-electron chi connectivity index (χ4n) is 6.71. The maximum atomic E-state index is 11.1. The van der Waals surface area contributed by atoms with Gasteiger partial charge in [-0.25, -0.2) is 0 Å². The Bertz CT molecular complexity index is 774. The second-order valence-electron chi connectivity index (χ2n) is 9.61. The molecule has 1 aliphatic heterocycles. The zero-order valence-electron chi connectivity index (χ0n) is 16.6. The van der Waals surface area contributed by atoms with E-state index in [0.29, 0.717) is 17.6 Å². The molecule has 5 rings (SSSR count). The average molecular weight is 374 g/mol. The molecule has 1 aromatic carbocycles. The van der Waals surface area contributed by atoms with Crippen LogP contribution in [0.1, 0.15) is 57.1 Å². The molecule has 1 saturated heterocycles. The van der Waals surface area contributed by atoms with Crippen LogP contribution in [0.3, 0.4) is 0 Å². The minimum atomic E-state index is -0.633. The van der Waals surface area contributed by atoms with Crippen LogP contribution in [0.15, 0.2) is 12.1 Å². The SMILES string of the molecule is COc1cc2c(cc1O)CC[C@H]1[C@@H]3[C@@H]4OC(C)(C)O[C@@H]4[C@H](O)[C@@]3(C)CC[C@H]21. The van der Waals surface area contributed by atoms with Crippen molar-refractivity contribution in [3.63, 3.8) is 0 Å². The van der Waals surface area contributed by atoms with E-state index in [1.54, 1.807) is 7.11 Å². The van der Waals surface area contributed by atoms with Crippen LogP contribution in [-0.2, 0) is 15.9 Å². The highest BCUT2D eigenvalue weighted by Crippen LogP contribution is 2.64. The molecule has 5 nitrogen and oxygen atoms in total. The number of methoxy groups -OCH3 is 1. The summed E-state index contributed by atoms with van der Waals surface area (Å²) in [5, 5.41) is 21.3. The third-order valence-corrected chi connectivity index (χ3v) is 7.83. The number of hydrogen-bond acceptors (Lipinski definition) is 5. The predicted octanol–water partition coefficient (Wildman–Crippen LogP) is 3.36. The van der Waals surface area contributed by atoms with Crippen molar-refractivity contribution in [2.45, 2.75) is 76.5 Å². The number of fused-ring (bicyclic) bond motifs is 7. The minimum Gasteiger partial charge on any atom is -0.504 e. The fraction of sp³-hybridized carbons (Fsp3) is 0.727. The molecule has 0 amide bonds. The molecule has 5 heteroatoms. The van der Waals surface area contributed by atoms with Crippen molar-refractivity contribution < 1.29 is 24.4 Å². The molecule has 0 unspecified atom stereocenters. The van der Waals surface area contributed by atoms with Crippen molar-refractivity contribution in [3.05, 3.63) is 23.3 Å². The van der Waals surface area contributed by atoms with Gasteiger partial charge in [-0.3, -0.25) is 0 Å². The molecule has 148 valence electrons. The van der Waals surface area contributed by atoms with Crippen molar-refractivity contribution in [1.29, 1.82) is 0 Å². The topological polar surface area (TPSA) is 68.2 Å². The van der Waals surface area contributed by atoms with Crippen LogP contribution in [-0.4, -0.2) is 41.4 Å². The Balaban J connectivity index is 1.55. The first-order valence-electron chi connectivity index (χ1n) is 10.2. The fourth-order valence-corrected chi connectivity index (χ4v) is 6.71. The summed E-state index contributed by atoms with van der Waals surface area (Å²) < 4.78 is 17.8. The smallest absolute Gasteiger partial charge is 0.163 e. The van der Waals surface area contributed by atoms with Crippen LogP contribution in [0.4, 0.5) is 0 Å². The van der Waals surface area contributed by atoms with Gasteiger partial charge in [0.05, 0.1) is 19.3 Å². The zero-order chi connectivity index (χ0) is 19.1. The summed E-state index contributed by atoms with van der Waals surface area (Å²) in [4.78, 5) is 0. The monoisotopic (exact) mass is 374 g/mol. The van der Waals surface area contributed by atoms with E-state index in [1.165, 1.54) is 11.1 Å². The summed E-state index contributed by atoms with van der Waals surface area (Å²) in [6.45, 7) is 6.11. The second kappa shape index (κ2) is 5.62. The lowest BCUT2D eigenvalue weighted by molar-refractivity contribution is -0.195. The molecule has 0 radical (unpaired) electrons. The van der Waals surface area contributed by atoms with E-state index < -0.39 is 11.9 Å². The lowest BCUT2D eigenvalue weighted by Gasteiger charge is -2.51. The van der Waals surface area contributed by atoms with E-state index in [0.717, 1.165) is 25.7 Å². The van der Waals surface area contributed by atoms with E-state index in [1.807, 2.05) is 26.0 Å². The molecule has 0 bridgehead atoms. The van der Waals surface area contributed by atoms with Gasteiger partial charge in [-0.1, -0.05) is 6.92 Å². The van der Waals surface area contributed by atoms with Gasteiger partial charge in [-0.2, -0.15) is 0 Å². The van der Waals surface area contributed by atoms with Gasteiger partial charge >= 0.3 is 0 Å². The number of aryl methyl sites for hydroxylation is 1. The van der Waals surface area contributed by atoms with E-state index in [2.05, 4.69) is 6.92 Å². The number of benzene rings is 1. The van der Waals surface area contributed by atoms with Gasteiger partial charge < -0.3 is 24.4 Å². The average Bonchev–Trinajstić information content (AvgIpc) is 3.03. The van der Waals surface area contributed by atoms with Crippen LogP contribution in [0.25, 0.3) is 0 Å². The van der Waals surface area contributed by atoms with E-state index in [4.69, 9.17) is 14.2 Å². The molecule has 3 fully saturated rings. The highest BCUT2D eigenvalue weighted by atomic mass is 16.8. The van der Waals surface area contributed by atoms with Gasteiger partial charge in [0.15, 0.2) is 17.3 Å². The number of phenols is 1. The summed E-state index contributed by atoms with van der Waals surface area (Å²) in [6.07, 6.45) is 3.24. The lowest BCUT2D eigenvalue weighted by atomic mass is 9.55. The molecular formula is C22H30O5. The molecule has 4 aliphatic rings. The minimum absolute atomic E-state index is 0.0478. The van der Waals surface area contributed by atoms with Crippen molar-refractivity contribution in [2.75, 3.05) is 7.11 Å². The predicted molar refractivity (Wildman–Crippen MR) is 99.9 cm³/mol. The first kappa shape index (κ1) is 17.8. The van der Waals surface area contributed by atoms with E-state index in [9.17, 15) is 10.2 Å². The van der Waals surface area contributed by atoms with Crippen molar-refractivity contribution in [3.8, 4) is 11.5 Å². The Morgan fingerprint density at radius 2 is 1.85 bits per heavy atom. The highest BCUT2D eigenvalue weighted by molar-refractivity contribution is 5.49. The van der Waals surface area contributed by atoms with E-state index >= 15 is 0 Å². The molecule has 27 heavy (non-hydrogen) atoms. The zero-order valence-corrected chi connectivity index (χ0v) is 16.6. The van der Waals surface area contributed by atoms with Gasteiger partial charge in [-0.05, 0) is 80.5 Å². The summed E-state index contributed by atoms with van der Waals surface area (Å²) in [5.74, 6) is 1.29. The molecule has 0 spiro atoms. The van der Waals surface area contributed by atoms with Crippen molar-refractivity contribution in [1.82, 2.24) is 0 Å². The molecule has 0 aromatic heterocycles. The van der Waals surface area contributed by atoms with Gasteiger partial charge in [0.2, 0.25) is 0 Å². The molecule has 2 N–H and O–H groups in total. The lowest BCUT2D eigenvalue weighted by Crippen LogP contribution is -2.48. The molecule has 1 heterocycles. The van der Waals surface area contributed by atoms with Crippen LogP contribution >= 0.6 is 0 Å². The summed E-state index contributed by atoms with van der Waals surface area (Å²) in [7, 11) is 1.60.